The third-order valence-corrected chi connectivity index (χ3v) is 4.77. The van der Waals surface area contributed by atoms with Crippen LogP contribution in [0.25, 0.3) is 0 Å². The first kappa shape index (κ1) is 19.5. The fourth-order valence-corrected chi connectivity index (χ4v) is 3.22. The number of hydrogen-bond acceptors (Lipinski definition) is 4. The van der Waals surface area contributed by atoms with Crippen molar-refractivity contribution in [3.8, 4) is 0 Å². The highest BCUT2D eigenvalue weighted by molar-refractivity contribution is 6.55. The molecule has 2 atom stereocenters. The second-order valence-electron chi connectivity index (χ2n) is 6.15. The molecule has 2 N–H and O–H groups in total. The van der Waals surface area contributed by atoms with Crippen LogP contribution < -0.4 is 10.9 Å². The summed E-state index contributed by atoms with van der Waals surface area (Å²) in [5.74, 6) is -1.62. The summed E-state index contributed by atoms with van der Waals surface area (Å²) in [5.41, 5.74) is 3.99. The van der Waals surface area contributed by atoms with E-state index >= 15 is 0 Å². The molecule has 1 aromatic carbocycles. The molecule has 1 aromatic rings. The maximum Gasteiger partial charge on any atom is 0.271 e. The van der Waals surface area contributed by atoms with Crippen molar-refractivity contribution in [3.05, 3.63) is 49.5 Å². The second-order valence-corrected chi connectivity index (χ2v) is 7.56. The first-order valence-electron chi connectivity index (χ1n) is 7.12. The van der Waals surface area contributed by atoms with Crippen molar-refractivity contribution in [3.63, 3.8) is 0 Å². The average Bonchev–Trinajstić information content (AvgIpc) is 3.04. The van der Waals surface area contributed by atoms with Crippen LogP contribution in [0.4, 0.5) is 5.69 Å². The number of benzene rings is 1. The summed E-state index contributed by atoms with van der Waals surface area (Å²) in [6.45, 7) is 3.76. The number of amides is 2. The molecule has 2 rings (SSSR count). The van der Waals surface area contributed by atoms with Gasteiger partial charge in [-0.05, 0) is 23.5 Å². The third-order valence-electron chi connectivity index (χ3n) is 4.21. The number of halogens is 3. The van der Waals surface area contributed by atoms with Gasteiger partial charge in [0.2, 0.25) is 5.91 Å². The van der Waals surface area contributed by atoms with E-state index in [0.717, 1.165) is 12.1 Å². The lowest BCUT2D eigenvalue weighted by Gasteiger charge is -2.09. The third kappa shape index (κ3) is 4.23. The first-order valence-corrected chi connectivity index (χ1v) is 8.26. The van der Waals surface area contributed by atoms with Crippen LogP contribution in [0.3, 0.4) is 0 Å². The zero-order valence-corrected chi connectivity index (χ0v) is 15.4. The number of carbonyl (C=O) groups is 2. The molecule has 134 valence electrons. The summed E-state index contributed by atoms with van der Waals surface area (Å²) in [5, 5.41) is 10.6. The van der Waals surface area contributed by atoms with Crippen LogP contribution in [-0.4, -0.2) is 16.7 Å². The zero-order valence-electron chi connectivity index (χ0n) is 13.2. The van der Waals surface area contributed by atoms with E-state index in [1.165, 1.54) is 6.07 Å². The van der Waals surface area contributed by atoms with Gasteiger partial charge in [-0.15, -0.1) is 0 Å². The Labute approximate surface area is 158 Å². The molecule has 10 heteroatoms. The van der Waals surface area contributed by atoms with Crippen LogP contribution in [-0.2, 0) is 4.79 Å². The Hall–Kier alpha value is -1.83. The monoisotopic (exact) mass is 405 g/mol. The standard InChI is InChI=1S/C15H14Cl3N3O4/c1-15(2)9(6-11(17)18)12(15)14(23)20-19-13(22)8-4-3-7(21(24)25)5-10(8)16/h3-6,9,12H,1-2H3,(H,19,22)(H,20,23)/t9-,12+/m1/s1. The van der Waals surface area contributed by atoms with E-state index in [-0.39, 0.29) is 32.1 Å². The van der Waals surface area contributed by atoms with E-state index in [2.05, 4.69) is 10.9 Å². The maximum absolute atomic E-state index is 12.2. The minimum Gasteiger partial charge on any atom is -0.273 e. The highest BCUT2D eigenvalue weighted by atomic mass is 35.5. The number of rotatable bonds is 4. The SMILES string of the molecule is CC1(C)[C@H](C=C(Cl)Cl)[C@H]1C(=O)NNC(=O)c1ccc([N+](=O)[O-])cc1Cl. The van der Waals surface area contributed by atoms with E-state index in [4.69, 9.17) is 34.8 Å². The number of hydrazine groups is 1. The molecule has 1 aliphatic rings. The van der Waals surface area contributed by atoms with Crippen LogP contribution in [0.5, 0.6) is 0 Å². The molecule has 0 saturated heterocycles. The van der Waals surface area contributed by atoms with Crippen LogP contribution in [0, 0.1) is 27.4 Å². The van der Waals surface area contributed by atoms with Gasteiger partial charge in [-0.3, -0.25) is 30.6 Å². The van der Waals surface area contributed by atoms with E-state index < -0.39 is 22.7 Å². The molecule has 0 bridgehead atoms. The van der Waals surface area contributed by atoms with Gasteiger partial charge in [-0.25, -0.2) is 0 Å². The Balaban J connectivity index is 2.00. The summed E-state index contributed by atoms with van der Waals surface area (Å²) in [7, 11) is 0. The summed E-state index contributed by atoms with van der Waals surface area (Å²) in [6, 6.07) is 3.42. The van der Waals surface area contributed by atoms with Crippen molar-refractivity contribution >= 4 is 52.3 Å². The summed E-state index contributed by atoms with van der Waals surface area (Å²) in [4.78, 5) is 34.3. The molecule has 0 spiro atoms. The Kier molecular flexibility index (Phi) is 5.61. The van der Waals surface area contributed by atoms with E-state index in [1.54, 1.807) is 6.08 Å². The van der Waals surface area contributed by atoms with Crippen LogP contribution in [0.15, 0.2) is 28.8 Å². The molecule has 0 radical (unpaired) electrons. The van der Waals surface area contributed by atoms with Crippen molar-refractivity contribution in [2.24, 2.45) is 17.3 Å². The van der Waals surface area contributed by atoms with Gasteiger partial charge in [0.25, 0.3) is 11.6 Å². The highest BCUT2D eigenvalue weighted by Crippen LogP contribution is 2.59. The Bertz CT molecular complexity index is 775. The number of nitro groups is 1. The van der Waals surface area contributed by atoms with Gasteiger partial charge >= 0.3 is 0 Å². The van der Waals surface area contributed by atoms with E-state index in [0.29, 0.717) is 0 Å². The van der Waals surface area contributed by atoms with Crippen molar-refractivity contribution < 1.29 is 14.5 Å². The molecule has 1 saturated carbocycles. The summed E-state index contributed by atoms with van der Waals surface area (Å²) in [6.07, 6.45) is 1.59. The van der Waals surface area contributed by atoms with Gasteiger partial charge in [-0.2, -0.15) is 0 Å². The summed E-state index contributed by atoms with van der Waals surface area (Å²) < 4.78 is 0.0788. The predicted molar refractivity (Wildman–Crippen MR) is 94.3 cm³/mol. The number of allylic oxidation sites excluding steroid dienone is 1. The van der Waals surface area contributed by atoms with Crippen LogP contribution in [0.2, 0.25) is 5.02 Å². The fourth-order valence-electron chi connectivity index (χ4n) is 2.69. The minimum absolute atomic E-state index is 0.00266. The van der Waals surface area contributed by atoms with Crippen LogP contribution >= 0.6 is 34.8 Å². The lowest BCUT2D eigenvalue weighted by Crippen LogP contribution is -2.43. The molecular formula is C15H14Cl3N3O4. The molecule has 0 heterocycles. The van der Waals surface area contributed by atoms with Gasteiger partial charge < -0.3 is 0 Å². The molecule has 25 heavy (non-hydrogen) atoms. The minimum atomic E-state index is -0.686. The lowest BCUT2D eigenvalue weighted by molar-refractivity contribution is -0.384. The molecule has 1 fully saturated rings. The number of hydrogen-bond donors (Lipinski definition) is 2. The van der Waals surface area contributed by atoms with E-state index in [9.17, 15) is 19.7 Å². The van der Waals surface area contributed by atoms with Gasteiger partial charge in [0.05, 0.1) is 21.4 Å². The van der Waals surface area contributed by atoms with Crippen LogP contribution in [0.1, 0.15) is 24.2 Å². The van der Waals surface area contributed by atoms with Gasteiger partial charge in [0.15, 0.2) is 0 Å². The van der Waals surface area contributed by atoms with Gasteiger partial charge in [0.1, 0.15) is 4.49 Å². The normalized spacial score (nSPS) is 20.4. The van der Waals surface area contributed by atoms with Crippen molar-refractivity contribution in [2.45, 2.75) is 13.8 Å². The molecule has 7 nitrogen and oxygen atoms in total. The van der Waals surface area contributed by atoms with E-state index in [1.807, 2.05) is 13.8 Å². The number of nitrogens with zero attached hydrogens (tertiary/aromatic N) is 1. The number of non-ortho nitro benzene ring substituents is 1. The average molecular weight is 407 g/mol. The maximum atomic E-state index is 12.2. The number of carbonyl (C=O) groups excluding carboxylic acids is 2. The largest absolute Gasteiger partial charge is 0.273 e. The van der Waals surface area contributed by atoms with Crippen molar-refractivity contribution in [1.29, 1.82) is 0 Å². The number of nitrogens with one attached hydrogen (secondary N) is 2. The molecular weight excluding hydrogens is 393 g/mol. The zero-order chi connectivity index (χ0) is 18.9. The second kappa shape index (κ2) is 7.19. The predicted octanol–water partition coefficient (Wildman–Crippen LogP) is 3.60. The molecule has 0 aliphatic heterocycles. The molecule has 0 unspecified atom stereocenters. The number of nitro benzene ring substituents is 1. The Morgan fingerprint density at radius 3 is 2.44 bits per heavy atom. The Morgan fingerprint density at radius 1 is 1.28 bits per heavy atom. The molecule has 1 aliphatic carbocycles. The lowest BCUT2D eigenvalue weighted by atomic mass is 10.1. The topological polar surface area (TPSA) is 101 Å². The van der Waals surface area contributed by atoms with Crippen molar-refractivity contribution in [1.82, 2.24) is 10.9 Å². The molecule has 2 amide bonds. The van der Waals surface area contributed by atoms with Gasteiger partial charge in [-0.1, -0.05) is 48.7 Å². The first-order chi connectivity index (χ1) is 11.6. The molecule has 0 aromatic heterocycles. The quantitative estimate of drug-likeness (QED) is 0.589. The van der Waals surface area contributed by atoms with Crippen molar-refractivity contribution in [2.75, 3.05) is 0 Å². The Morgan fingerprint density at radius 2 is 1.92 bits per heavy atom. The smallest absolute Gasteiger partial charge is 0.271 e. The van der Waals surface area contributed by atoms with Gasteiger partial charge in [0, 0.05) is 12.1 Å². The summed E-state index contributed by atoms with van der Waals surface area (Å²) >= 11 is 17.1. The highest BCUT2D eigenvalue weighted by Gasteiger charge is 2.60. The fraction of sp³-hybridized carbons (Fsp3) is 0.333.